The highest BCUT2D eigenvalue weighted by atomic mass is 32.3. The van der Waals surface area contributed by atoms with Crippen molar-refractivity contribution in [3.8, 4) is 0 Å². The fourth-order valence-corrected chi connectivity index (χ4v) is 7.57. The normalized spacial score (nSPS) is 24.9. The van der Waals surface area contributed by atoms with E-state index in [0.717, 1.165) is 36.9 Å². The summed E-state index contributed by atoms with van der Waals surface area (Å²) in [4.78, 5) is 5.45. The van der Waals surface area contributed by atoms with Gasteiger partial charge in [0.25, 0.3) is 0 Å². The maximum absolute atomic E-state index is 13.9. The van der Waals surface area contributed by atoms with Crippen LogP contribution < -0.4 is 0 Å². The highest BCUT2D eigenvalue weighted by Crippen LogP contribution is 2.63. The van der Waals surface area contributed by atoms with Crippen LogP contribution in [0.25, 0.3) is 0 Å². The van der Waals surface area contributed by atoms with Gasteiger partial charge in [-0.15, -0.1) is 10.3 Å². The van der Waals surface area contributed by atoms with Crippen molar-refractivity contribution >= 4 is 10.3 Å². The molecule has 0 radical (unpaired) electrons. The first-order chi connectivity index (χ1) is 17.1. The number of benzene rings is 1. The number of aromatic nitrogens is 1. The Kier molecular flexibility index (Phi) is 6.65. The zero-order chi connectivity index (χ0) is 27.0. The zero-order valence-electron chi connectivity index (χ0n) is 24.3. The quantitative estimate of drug-likeness (QED) is 0.397. The molecular weight excluding hydrogens is 481 g/mol. The minimum absolute atomic E-state index is 0.00141. The van der Waals surface area contributed by atoms with Crippen LogP contribution in [0.2, 0.25) is 0 Å². The molecule has 2 aliphatic carbocycles. The van der Waals surface area contributed by atoms with Gasteiger partial charge in [-0.1, -0.05) is 73.4 Å². The summed E-state index contributed by atoms with van der Waals surface area (Å²) in [7, 11) is -1.35. The van der Waals surface area contributed by atoms with Crippen molar-refractivity contribution in [3.05, 3.63) is 63.7 Å². The van der Waals surface area contributed by atoms with Gasteiger partial charge in [-0.05, 0) is 72.8 Å². The van der Waals surface area contributed by atoms with Gasteiger partial charge >= 0.3 is 0 Å². The number of nitrogens with zero attached hydrogens (tertiary/aromatic N) is 1. The third-order valence-electron chi connectivity index (χ3n) is 9.11. The Hall–Kier alpha value is -1.43. The highest BCUT2D eigenvalue weighted by Gasteiger charge is 2.53. The van der Waals surface area contributed by atoms with E-state index in [0.29, 0.717) is 0 Å². The molecule has 1 saturated carbocycles. The molecule has 2 atom stereocenters. The molecule has 1 fully saturated rings. The van der Waals surface area contributed by atoms with Crippen LogP contribution >= 0.6 is 10.3 Å². The predicted molar refractivity (Wildman–Crippen MR) is 153 cm³/mol. The SMILES string of the molecule is CC(C)c1nc2c(c3c1C(c1ccc(F)cc1)OC31CCCC1)C(OS(C)(C)C(C)(C)C)CC(C)(C)C2. The Morgan fingerprint density at radius 2 is 1.68 bits per heavy atom. The molecule has 2 heterocycles. The molecule has 5 heteroatoms. The second-order valence-corrected chi connectivity index (χ2v) is 17.9. The minimum Gasteiger partial charge on any atom is -0.358 e. The molecule has 37 heavy (non-hydrogen) atoms. The second-order valence-electron chi connectivity index (χ2n) is 14.0. The van der Waals surface area contributed by atoms with E-state index in [1.165, 1.54) is 35.2 Å². The average Bonchev–Trinajstić information content (AvgIpc) is 3.37. The van der Waals surface area contributed by atoms with E-state index in [1.807, 2.05) is 12.1 Å². The van der Waals surface area contributed by atoms with Gasteiger partial charge in [-0.25, -0.2) is 4.39 Å². The highest BCUT2D eigenvalue weighted by molar-refractivity contribution is 8.29. The zero-order valence-corrected chi connectivity index (χ0v) is 25.2. The van der Waals surface area contributed by atoms with Crippen LogP contribution in [0.4, 0.5) is 4.39 Å². The number of ether oxygens (including phenoxy) is 1. The van der Waals surface area contributed by atoms with Crippen LogP contribution in [0.15, 0.2) is 24.3 Å². The summed E-state index contributed by atoms with van der Waals surface area (Å²) in [5.41, 5.74) is 7.10. The fraction of sp³-hybridized carbons (Fsp3) is 0.656. The van der Waals surface area contributed by atoms with Crippen LogP contribution in [0.1, 0.15) is 132 Å². The van der Waals surface area contributed by atoms with E-state index in [-0.39, 0.29) is 39.7 Å². The lowest BCUT2D eigenvalue weighted by Crippen LogP contribution is -2.35. The van der Waals surface area contributed by atoms with Gasteiger partial charge in [0.2, 0.25) is 0 Å². The summed E-state index contributed by atoms with van der Waals surface area (Å²) < 4.78 is 28.4. The number of halogens is 1. The van der Waals surface area contributed by atoms with E-state index in [2.05, 4.69) is 61.0 Å². The van der Waals surface area contributed by atoms with Crippen molar-refractivity contribution in [2.24, 2.45) is 5.41 Å². The molecule has 0 N–H and O–H groups in total. The van der Waals surface area contributed by atoms with E-state index in [4.69, 9.17) is 13.9 Å². The molecule has 3 aliphatic rings. The third-order valence-corrected chi connectivity index (χ3v) is 12.8. The van der Waals surface area contributed by atoms with Crippen LogP contribution in [-0.2, 0) is 20.9 Å². The monoisotopic (exact) mass is 527 g/mol. The maximum Gasteiger partial charge on any atom is 0.123 e. The predicted octanol–water partition coefficient (Wildman–Crippen LogP) is 9.04. The van der Waals surface area contributed by atoms with Crippen molar-refractivity contribution in [1.29, 1.82) is 0 Å². The maximum atomic E-state index is 13.9. The molecule has 204 valence electrons. The first-order valence-corrected chi connectivity index (χ1v) is 16.4. The molecule has 0 bridgehead atoms. The lowest BCUT2D eigenvalue weighted by atomic mass is 9.70. The molecule has 0 saturated heterocycles. The van der Waals surface area contributed by atoms with Gasteiger partial charge in [0.05, 0.1) is 11.7 Å². The van der Waals surface area contributed by atoms with E-state index >= 15 is 0 Å². The smallest absolute Gasteiger partial charge is 0.123 e. The van der Waals surface area contributed by atoms with Gasteiger partial charge in [-0.2, -0.15) is 0 Å². The summed E-state index contributed by atoms with van der Waals surface area (Å²) in [5.74, 6) is 0.0523. The molecular formula is C32H46FNO2S. The van der Waals surface area contributed by atoms with Gasteiger partial charge in [-0.3, -0.25) is 4.98 Å². The van der Waals surface area contributed by atoms with Crippen LogP contribution in [0.5, 0.6) is 0 Å². The van der Waals surface area contributed by atoms with E-state index in [1.54, 1.807) is 12.1 Å². The van der Waals surface area contributed by atoms with Gasteiger partial charge in [0.1, 0.15) is 11.9 Å². The van der Waals surface area contributed by atoms with Gasteiger partial charge in [0.15, 0.2) is 0 Å². The standard InChI is InChI=1S/C32H46FNO2S/c1-20(2)28-26-27(32(16-10-11-17-32)35-29(26)21-12-14-22(33)15-13-21)25-23(34-28)18-31(6,7)19-24(25)36-37(8,9)30(3,4)5/h12-15,20,24,29H,10-11,16-19H2,1-9H3. The molecule has 0 amide bonds. The molecule has 5 rings (SSSR count). The number of hydrogen-bond donors (Lipinski definition) is 0. The van der Waals surface area contributed by atoms with E-state index in [9.17, 15) is 4.39 Å². The molecule has 1 spiro atoms. The Balaban J connectivity index is 1.78. The van der Waals surface area contributed by atoms with Crippen molar-refractivity contribution in [3.63, 3.8) is 0 Å². The van der Waals surface area contributed by atoms with Crippen molar-refractivity contribution in [2.45, 2.75) is 115 Å². The molecule has 1 aromatic carbocycles. The Bertz CT molecular complexity index is 1170. The number of pyridine rings is 1. The molecule has 3 nitrogen and oxygen atoms in total. The first-order valence-electron chi connectivity index (χ1n) is 14.1. The van der Waals surface area contributed by atoms with Crippen LogP contribution in [0, 0.1) is 11.2 Å². The molecule has 1 aromatic heterocycles. The van der Waals surface area contributed by atoms with Crippen molar-refractivity contribution in [1.82, 2.24) is 4.98 Å². The number of hydrogen-bond acceptors (Lipinski definition) is 3. The van der Waals surface area contributed by atoms with Crippen molar-refractivity contribution < 1.29 is 13.3 Å². The minimum atomic E-state index is -1.35. The first kappa shape index (κ1) is 27.1. The summed E-state index contributed by atoms with van der Waals surface area (Å²) in [6.07, 6.45) is 10.7. The Labute approximate surface area is 225 Å². The molecule has 2 aromatic rings. The van der Waals surface area contributed by atoms with Crippen LogP contribution in [0.3, 0.4) is 0 Å². The van der Waals surface area contributed by atoms with Crippen LogP contribution in [-0.4, -0.2) is 22.2 Å². The topological polar surface area (TPSA) is 31.4 Å². The number of fused-ring (bicyclic) bond motifs is 4. The summed E-state index contributed by atoms with van der Waals surface area (Å²) >= 11 is 0. The lowest BCUT2D eigenvalue weighted by molar-refractivity contribution is -0.0577. The fourth-order valence-electron chi connectivity index (χ4n) is 6.54. The van der Waals surface area contributed by atoms with E-state index < -0.39 is 10.3 Å². The van der Waals surface area contributed by atoms with Gasteiger partial charge in [0, 0.05) is 27.3 Å². The summed E-state index contributed by atoms with van der Waals surface area (Å²) in [5, 5.41) is 0. The lowest BCUT2D eigenvalue weighted by Gasteiger charge is -2.49. The Morgan fingerprint density at radius 3 is 2.24 bits per heavy atom. The second kappa shape index (κ2) is 9.06. The largest absolute Gasteiger partial charge is 0.358 e. The van der Waals surface area contributed by atoms with Gasteiger partial charge < -0.3 is 8.92 Å². The Morgan fingerprint density at radius 1 is 1.05 bits per heavy atom. The van der Waals surface area contributed by atoms with Crippen molar-refractivity contribution in [2.75, 3.05) is 12.5 Å². The number of rotatable bonds is 4. The average molecular weight is 528 g/mol. The molecule has 2 unspecified atom stereocenters. The third kappa shape index (κ3) is 4.67. The summed E-state index contributed by atoms with van der Waals surface area (Å²) in [6, 6.07) is 6.90. The molecule has 1 aliphatic heterocycles. The summed E-state index contributed by atoms with van der Waals surface area (Å²) in [6.45, 7) is 16.1.